The molecule has 0 saturated carbocycles. The van der Waals surface area contributed by atoms with Crippen molar-refractivity contribution in [2.75, 3.05) is 21.3 Å². The molecule has 0 aromatic heterocycles. The molecule has 0 heterocycles. The Morgan fingerprint density at radius 1 is 0.661 bits per heavy atom. The van der Waals surface area contributed by atoms with Gasteiger partial charge in [0.15, 0.2) is 17.6 Å². The van der Waals surface area contributed by atoms with Gasteiger partial charge < -0.3 is 41.4 Å². The number of carbonyl (C=O) groups excluding carboxylic acids is 1. The third-order valence-corrected chi connectivity index (χ3v) is 8.58. The van der Waals surface area contributed by atoms with Gasteiger partial charge in [-0.05, 0) is 78.1 Å². The van der Waals surface area contributed by atoms with E-state index in [9.17, 15) is 48.7 Å². The summed E-state index contributed by atoms with van der Waals surface area (Å²) in [6.45, 7) is 4.28. The summed E-state index contributed by atoms with van der Waals surface area (Å²) in [6, 6.07) is 8.55. The molecule has 7 nitrogen and oxygen atoms in total. The Bertz CT molecular complexity index is 1970. The van der Waals surface area contributed by atoms with E-state index in [0.29, 0.717) is 12.1 Å². The highest BCUT2D eigenvalue weighted by molar-refractivity contribution is 5.75. The highest BCUT2D eigenvalue weighted by Gasteiger charge is 2.40. The second-order valence-corrected chi connectivity index (χ2v) is 12.6. The van der Waals surface area contributed by atoms with Gasteiger partial charge in [0, 0.05) is 23.3 Å². The number of hydrogen-bond acceptors (Lipinski definition) is 6. The van der Waals surface area contributed by atoms with Crippen LogP contribution in [0.15, 0.2) is 66.7 Å². The van der Waals surface area contributed by atoms with Crippen LogP contribution in [0.1, 0.15) is 66.2 Å². The van der Waals surface area contributed by atoms with Crippen molar-refractivity contribution in [3.63, 3.8) is 0 Å². The molecule has 0 saturated heterocycles. The highest BCUT2D eigenvalue weighted by atomic mass is 35.5. The molecule has 0 radical (unpaired) electrons. The molecule has 2 N–H and O–H groups in total. The summed E-state index contributed by atoms with van der Waals surface area (Å²) < 4.78 is 166. The zero-order valence-electron chi connectivity index (χ0n) is 30.5. The fraction of sp³-hybridized carbons (Fsp3) is 0.342. The molecule has 0 unspecified atom stereocenters. The van der Waals surface area contributed by atoms with E-state index in [1.807, 2.05) is 0 Å². The van der Waals surface area contributed by atoms with Crippen LogP contribution in [-0.4, -0.2) is 33.5 Å². The van der Waals surface area contributed by atoms with E-state index in [0.717, 1.165) is 24.3 Å². The zero-order valence-corrected chi connectivity index (χ0v) is 31.2. The van der Waals surface area contributed by atoms with Crippen molar-refractivity contribution in [2.24, 2.45) is 0 Å². The van der Waals surface area contributed by atoms with Crippen molar-refractivity contribution in [3.05, 3.63) is 106 Å². The van der Waals surface area contributed by atoms with Crippen LogP contribution in [0.3, 0.4) is 0 Å². The number of methoxy groups -OCH3 is 3. The van der Waals surface area contributed by atoms with Crippen molar-refractivity contribution in [3.8, 4) is 34.1 Å². The summed E-state index contributed by atoms with van der Waals surface area (Å²) in [5.74, 6) is -0.986. The minimum Gasteiger partial charge on any atom is -1.00 e. The van der Waals surface area contributed by atoms with Gasteiger partial charge in [-0.1, -0.05) is 19.9 Å². The first-order valence-electron chi connectivity index (χ1n) is 16.4. The number of rotatable bonds is 12. The van der Waals surface area contributed by atoms with Crippen LogP contribution in [-0.2, 0) is 29.8 Å². The van der Waals surface area contributed by atoms with Gasteiger partial charge in [-0.3, -0.25) is 0 Å². The predicted octanol–water partition coefficient (Wildman–Crippen LogP) is 7.11. The molecule has 0 spiro atoms. The Hall–Kier alpha value is -4.90. The van der Waals surface area contributed by atoms with E-state index < -0.39 is 71.4 Å². The summed E-state index contributed by atoms with van der Waals surface area (Å²) in [4.78, 5) is 13.2. The van der Waals surface area contributed by atoms with Crippen LogP contribution < -0.4 is 36.7 Å². The molecule has 0 aliphatic heterocycles. The van der Waals surface area contributed by atoms with Gasteiger partial charge in [-0.2, -0.15) is 39.5 Å². The molecule has 0 amide bonds. The van der Waals surface area contributed by atoms with E-state index in [1.165, 1.54) is 57.8 Å². The van der Waals surface area contributed by atoms with E-state index >= 15 is 0 Å². The number of nitrogens with two attached hydrogens (primary N) is 1. The maximum Gasteiger partial charge on any atom is 0.514 e. The van der Waals surface area contributed by atoms with Gasteiger partial charge in [-0.15, -0.1) is 0 Å². The van der Waals surface area contributed by atoms with Crippen molar-refractivity contribution in [1.82, 2.24) is 0 Å². The van der Waals surface area contributed by atoms with Crippen LogP contribution in [0.4, 0.5) is 48.7 Å². The number of carbonyl (C=O) groups is 1. The first kappa shape index (κ1) is 45.5. The molecule has 0 bridgehead atoms. The van der Waals surface area contributed by atoms with E-state index in [1.54, 1.807) is 13.8 Å². The summed E-state index contributed by atoms with van der Waals surface area (Å²) >= 11 is 0. The molecule has 0 aliphatic rings. The topological polar surface area (TPSA) is 79.8 Å². The van der Waals surface area contributed by atoms with E-state index in [-0.39, 0.29) is 69.6 Å². The SMILES string of the molecule is COc1ccc(OC(=O)O[C@H](c2cc(C(F)(F)F)cc(C(F)(F)F)c2)[C@H](C)[NH2+]Cc2cc(C(F)(F)F)ccc2-c2cc(C(C)C)c(F)cc2OC)c(OC)c1.[Cl-]. The number of halogens is 11. The summed E-state index contributed by atoms with van der Waals surface area (Å²) in [7, 11) is 3.80. The number of hydrogen-bond donors (Lipinski definition) is 1. The largest absolute Gasteiger partial charge is 1.00 e. The third-order valence-electron chi connectivity index (χ3n) is 8.58. The molecular formula is C38H36ClF10NO6. The normalized spacial score (nSPS) is 13.1. The number of benzene rings is 4. The summed E-state index contributed by atoms with van der Waals surface area (Å²) in [5, 5.41) is 1.26. The van der Waals surface area contributed by atoms with Crippen LogP contribution in [0.5, 0.6) is 23.0 Å². The van der Waals surface area contributed by atoms with Gasteiger partial charge in [0.2, 0.25) is 0 Å². The lowest BCUT2D eigenvalue weighted by Gasteiger charge is -2.25. The standard InChI is InChI=1S/C38H35F10NO6.ClH/c1-19(2)28-16-29(32(52-5)17-30(28)39)27-9-7-23(36(40,41)42)13-22(27)18-49-20(3)34(21-11-24(37(43,44)45)14-25(12-21)38(46,47)48)55-35(50)54-31-10-8-26(51-4)15-33(31)53-6;/h7-17,19-20,34,49H,18H2,1-6H3;1H/t20-,34-;/m0./s1. The van der Waals surface area contributed by atoms with Gasteiger partial charge in [0.1, 0.15) is 29.9 Å². The van der Waals surface area contributed by atoms with Gasteiger partial charge >= 0.3 is 24.7 Å². The smallest absolute Gasteiger partial charge is 0.514 e. The first-order chi connectivity index (χ1) is 25.6. The second kappa shape index (κ2) is 17.9. The Kier molecular flexibility index (Phi) is 14.6. The molecule has 4 aromatic carbocycles. The third kappa shape index (κ3) is 10.9. The van der Waals surface area contributed by atoms with Gasteiger partial charge in [-0.25, -0.2) is 9.18 Å². The number of alkyl halides is 9. The van der Waals surface area contributed by atoms with E-state index in [4.69, 9.17) is 23.7 Å². The molecule has 56 heavy (non-hydrogen) atoms. The Labute approximate surface area is 321 Å². The summed E-state index contributed by atoms with van der Waals surface area (Å²) in [6.07, 6.45) is -18.8. The monoisotopic (exact) mass is 827 g/mol. The first-order valence-corrected chi connectivity index (χ1v) is 16.4. The predicted molar refractivity (Wildman–Crippen MR) is 178 cm³/mol. The Morgan fingerprint density at radius 2 is 1.25 bits per heavy atom. The number of quaternary nitrogens is 1. The van der Waals surface area contributed by atoms with Crippen LogP contribution in [0.25, 0.3) is 11.1 Å². The molecule has 0 fully saturated rings. The van der Waals surface area contributed by atoms with Crippen molar-refractivity contribution in [2.45, 2.75) is 63.9 Å². The molecule has 4 aromatic rings. The fourth-order valence-electron chi connectivity index (χ4n) is 5.73. The average molecular weight is 828 g/mol. The zero-order chi connectivity index (χ0) is 41.0. The quantitative estimate of drug-likeness (QED) is 0.0933. The second-order valence-electron chi connectivity index (χ2n) is 12.6. The molecule has 306 valence electrons. The highest BCUT2D eigenvalue weighted by Crippen LogP contribution is 2.41. The number of ether oxygens (including phenoxy) is 5. The van der Waals surface area contributed by atoms with Crippen molar-refractivity contribution >= 4 is 6.16 Å². The molecule has 0 aliphatic carbocycles. The Morgan fingerprint density at radius 3 is 1.77 bits per heavy atom. The minimum atomic E-state index is -5.26. The van der Waals surface area contributed by atoms with Crippen molar-refractivity contribution < 1.29 is 90.1 Å². The average Bonchev–Trinajstić information content (AvgIpc) is 3.11. The van der Waals surface area contributed by atoms with Crippen molar-refractivity contribution in [1.29, 1.82) is 0 Å². The molecule has 2 atom stereocenters. The van der Waals surface area contributed by atoms with Crippen LogP contribution >= 0.6 is 0 Å². The van der Waals surface area contributed by atoms with Crippen LogP contribution in [0, 0.1) is 5.82 Å². The van der Waals surface area contributed by atoms with Crippen LogP contribution in [0.2, 0.25) is 0 Å². The maximum atomic E-state index is 14.9. The molecule has 4 rings (SSSR count). The lowest BCUT2D eigenvalue weighted by molar-refractivity contribution is -0.708. The van der Waals surface area contributed by atoms with Gasteiger partial charge in [0.25, 0.3) is 0 Å². The fourth-order valence-corrected chi connectivity index (χ4v) is 5.73. The lowest BCUT2D eigenvalue weighted by atomic mass is 9.92. The maximum absolute atomic E-state index is 14.9. The van der Waals surface area contributed by atoms with E-state index in [2.05, 4.69) is 0 Å². The minimum absolute atomic E-state index is 0. The lowest BCUT2D eigenvalue weighted by Crippen LogP contribution is -3.00. The summed E-state index contributed by atoms with van der Waals surface area (Å²) in [5.41, 5.74) is -4.63. The molecular weight excluding hydrogens is 792 g/mol. The Balaban J connectivity index is 0.00000841. The van der Waals surface area contributed by atoms with Gasteiger partial charge in [0.05, 0.1) is 38.0 Å². The molecule has 18 heteroatoms.